The van der Waals surface area contributed by atoms with Crippen LogP contribution in [-0.4, -0.2) is 180 Å². The van der Waals surface area contributed by atoms with E-state index < -0.39 is 133 Å². The number of esters is 1. The van der Waals surface area contributed by atoms with E-state index in [2.05, 4.69) is 0 Å². The van der Waals surface area contributed by atoms with Crippen molar-refractivity contribution in [2.75, 3.05) is 0 Å². The zero-order chi connectivity index (χ0) is 55.9. The molecular weight excluding hydrogens is 949 g/mol. The highest BCUT2D eigenvalue weighted by Gasteiger charge is 2.34. The first kappa shape index (κ1) is 68.1. The van der Waals surface area contributed by atoms with Crippen molar-refractivity contribution in [3.8, 4) is 0 Å². The SMILES string of the molecule is C/C1=C\CC[C@H](C)[C@@H](O)[C@@H](C)[C@@H](O)CC/C=C/[C@H](C)[C@@H](O)/C=C/[C@H](C)[C@@H](O)/C(C)=C/[C@H](O)[C@H](O)C[C@@H](O)C[C@H](O)C[C@H](O)[C@H](C)[C@@H](O)[C@@H](C)[C@H](O)C[C@@H](O)C[C@H](O)/C=C/CC(O)C(C)C(CCC(=O)O)OC1=O. The summed E-state index contributed by atoms with van der Waals surface area (Å²) in [6, 6.07) is 0. The summed E-state index contributed by atoms with van der Waals surface area (Å²) in [7, 11) is 0. The number of carbonyl (C=O) groups is 2. The van der Waals surface area contributed by atoms with Gasteiger partial charge in [-0.25, -0.2) is 4.79 Å². The van der Waals surface area contributed by atoms with Gasteiger partial charge in [0.2, 0.25) is 0 Å². The number of carboxylic acid groups (broad SMARTS) is 1. The minimum atomic E-state index is -1.49. The monoisotopic (exact) mass is 1040 g/mol. The van der Waals surface area contributed by atoms with Gasteiger partial charge in [0.1, 0.15) is 6.10 Å². The maximum absolute atomic E-state index is 13.2. The van der Waals surface area contributed by atoms with Crippen molar-refractivity contribution in [2.45, 2.75) is 231 Å². The molecule has 22 atom stereocenters. The molecule has 73 heavy (non-hydrogen) atoms. The zero-order valence-electron chi connectivity index (χ0n) is 44.7. The fourth-order valence-electron chi connectivity index (χ4n) is 9.04. The quantitative estimate of drug-likeness (QED) is 0.143. The number of carboxylic acids is 1. The largest absolute Gasteiger partial charge is 0.481 e. The molecule has 0 aromatic heterocycles. The minimum absolute atomic E-state index is 0.0250. The standard InChI is InChI=1S/C55H96O18/c1-30-14-10-11-18-45(62)36(7)53(70)31(2)15-12-16-33(4)55(72)73-50(22-23-51(67)68)35(6)44(61)19-13-17-39(56)25-40(57)27-46(63)37(8)54(71)38(9)47(64)28-41(58)26-42(59)29-49(66)48(65)24-34(5)52(69)32(3)20-21-43(30)60/h10,13-14,16-17,20-21,24,30-32,35-50,52-54,56-66,69-71H,11-12,15,18-19,22-23,25-29H2,1-9H3,(H,67,68)/b14-10+,17-13+,21-20+,33-16+,34-24+/t30-,31-,32-,35?,36-,37-,38-,39+,40-,41-,42-,43-,44?,45-,46+,47-,48-,49+,50?,52+,53+,54-/m0/s1. The van der Waals surface area contributed by atoms with Crippen LogP contribution < -0.4 is 0 Å². The van der Waals surface area contributed by atoms with Gasteiger partial charge in [-0.15, -0.1) is 0 Å². The maximum Gasteiger partial charge on any atom is 0.333 e. The Morgan fingerprint density at radius 3 is 1.68 bits per heavy atom. The molecule has 0 aromatic rings. The number of cyclic esters (lactones) is 1. The molecule has 0 aliphatic carbocycles. The van der Waals surface area contributed by atoms with Gasteiger partial charge >= 0.3 is 11.9 Å². The molecule has 0 saturated heterocycles. The lowest BCUT2D eigenvalue weighted by atomic mass is 9.82. The van der Waals surface area contributed by atoms with Crippen LogP contribution in [0, 0.1) is 41.4 Å². The van der Waals surface area contributed by atoms with Crippen LogP contribution in [0.4, 0.5) is 0 Å². The molecule has 0 saturated carbocycles. The van der Waals surface area contributed by atoms with E-state index in [0.29, 0.717) is 31.3 Å². The van der Waals surface area contributed by atoms with Crippen molar-refractivity contribution in [3.05, 3.63) is 59.8 Å². The summed E-state index contributed by atoms with van der Waals surface area (Å²) in [5.74, 6) is -5.91. The fraction of sp³-hybridized carbons (Fsp3) is 0.782. The summed E-state index contributed by atoms with van der Waals surface area (Å²) < 4.78 is 5.72. The van der Waals surface area contributed by atoms with Crippen LogP contribution >= 0.6 is 0 Å². The van der Waals surface area contributed by atoms with E-state index in [-0.39, 0.29) is 68.8 Å². The Hall–Kier alpha value is -2.92. The third kappa shape index (κ3) is 25.7. The van der Waals surface area contributed by atoms with Crippen LogP contribution in [-0.2, 0) is 14.3 Å². The average Bonchev–Trinajstić information content (AvgIpc) is 3.32. The van der Waals surface area contributed by atoms with Crippen molar-refractivity contribution in [1.82, 2.24) is 0 Å². The fourth-order valence-corrected chi connectivity index (χ4v) is 9.04. The number of allylic oxidation sites excluding steroid dienone is 2. The van der Waals surface area contributed by atoms with Crippen molar-refractivity contribution in [3.63, 3.8) is 0 Å². The van der Waals surface area contributed by atoms with Crippen molar-refractivity contribution in [2.24, 2.45) is 41.4 Å². The molecular formula is C55H96O18. The lowest BCUT2D eigenvalue weighted by Crippen LogP contribution is -2.41. The van der Waals surface area contributed by atoms with Crippen LogP contribution in [0.25, 0.3) is 0 Å². The van der Waals surface area contributed by atoms with E-state index in [1.807, 2.05) is 13.0 Å². The van der Waals surface area contributed by atoms with Gasteiger partial charge in [0.25, 0.3) is 0 Å². The van der Waals surface area contributed by atoms with Crippen LogP contribution in [0.15, 0.2) is 59.8 Å². The Bertz CT molecular complexity index is 1720. The molecule has 0 amide bonds. The molecule has 1 heterocycles. The second-order valence-electron chi connectivity index (χ2n) is 21.4. The van der Waals surface area contributed by atoms with Gasteiger partial charge in [0.15, 0.2) is 0 Å². The third-order valence-electron chi connectivity index (χ3n) is 14.9. The number of aliphatic hydroxyl groups excluding tert-OH is 14. The summed E-state index contributed by atoms with van der Waals surface area (Å²) in [6.45, 7) is 14.8. The molecule has 1 rings (SSSR count). The molecule has 1 aliphatic rings. The van der Waals surface area contributed by atoms with E-state index in [9.17, 15) is 86.2 Å². The van der Waals surface area contributed by atoms with Crippen LogP contribution in [0.2, 0.25) is 0 Å². The number of ether oxygens (including phenoxy) is 1. The van der Waals surface area contributed by atoms with E-state index in [4.69, 9.17) is 4.74 Å². The lowest BCUT2D eigenvalue weighted by molar-refractivity contribution is -0.151. The number of aliphatic carboxylic acids is 1. The lowest BCUT2D eigenvalue weighted by Gasteiger charge is -2.33. The minimum Gasteiger partial charge on any atom is -0.481 e. The van der Waals surface area contributed by atoms with E-state index >= 15 is 0 Å². The van der Waals surface area contributed by atoms with Gasteiger partial charge in [-0.05, 0) is 83.1 Å². The summed E-state index contributed by atoms with van der Waals surface area (Å²) in [5.41, 5.74) is 0.574. The molecule has 424 valence electrons. The van der Waals surface area contributed by atoms with Crippen LogP contribution in [0.3, 0.4) is 0 Å². The first-order chi connectivity index (χ1) is 34.0. The van der Waals surface area contributed by atoms with Crippen molar-refractivity contribution < 1.29 is 90.9 Å². The van der Waals surface area contributed by atoms with Crippen molar-refractivity contribution in [1.29, 1.82) is 0 Å². The van der Waals surface area contributed by atoms with Gasteiger partial charge in [0.05, 0.1) is 85.5 Å². The Morgan fingerprint density at radius 1 is 0.562 bits per heavy atom. The number of carbonyl (C=O) groups excluding carboxylic acids is 1. The average molecular weight is 1050 g/mol. The van der Waals surface area contributed by atoms with Crippen molar-refractivity contribution >= 4 is 11.9 Å². The van der Waals surface area contributed by atoms with Gasteiger partial charge in [-0.1, -0.05) is 97.1 Å². The Balaban J connectivity index is 3.28. The number of hydrogen-bond donors (Lipinski definition) is 15. The molecule has 18 heteroatoms. The smallest absolute Gasteiger partial charge is 0.333 e. The van der Waals surface area contributed by atoms with Gasteiger partial charge in [-0.2, -0.15) is 0 Å². The summed E-state index contributed by atoms with van der Waals surface area (Å²) in [4.78, 5) is 24.7. The maximum atomic E-state index is 13.2. The topological polar surface area (TPSA) is 347 Å². The molecule has 18 nitrogen and oxygen atoms in total. The number of aliphatic hydroxyl groups is 14. The Kier molecular flexibility index (Phi) is 32.4. The van der Waals surface area contributed by atoms with E-state index in [0.717, 1.165) is 0 Å². The molecule has 15 N–H and O–H groups in total. The molecule has 3 unspecified atom stereocenters. The Morgan fingerprint density at radius 2 is 1.11 bits per heavy atom. The van der Waals surface area contributed by atoms with Crippen LogP contribution in [0.1, 0.15) is 139 Å². The first-order valence-electron chi connectivity index (χ1n) is 26.3. The molecule has 0 bridgehead atoms. The highest BCUT2D eigenvalue weighted by atomic mass is 16.5. The molecule has 0 spiro atoms. The normalized spacial score (nSPS) is 43.6. The van der Waals surface area contributed by atoms with Gasteiger partial charge < -0.3 is 81.3 Å². The van der Waals surface area contributed by atoms with Crippen LogP contribution in [0.5, 0.6) is 0 Å². The molecule has 0 aromatic carbocycles. The summed E-state index contributed by atoms with van der Waals surface area (Å²) in [5, 5.41) is 161. The molecule has 1 aliphatic heterocycles. The zero-order valence-corrected chi connectivity index (χ0v) is 44.7. The second-order valence-corrected chi connectivity index (χ2v) is 21.4. The predicted molar refractivity (Wildman–Crippen MR) is 276 cm³/mol. The summed E-state index contributed by atoms with van der Waals surface area (Å²) in [6.07, 6.45) is -5.39. The summed E-state index contributed by atoms with van der Waals surface area (Å²) >= 11 is 0. The van der Waals surface area contributed by atoms with E-state index in [1.54, 1.807) is 65.8 Å². The van der Waals surface area contributed by atoms with Gasteiger partial charge in [-0.3, -0.25) is 4.79 Å². The predicted octanol–water partition coefficient (Wildman–Crippen LogP) is 2.74. The first-order valence-corrected chi connectivity index (χ1v) is 26.3. The highest BCUT2D eigenvalue weighted by molar-refractivity contribution is 5.87. The third-order valence-corrected chi connectivity index (χ3v) is 14.9. The Labute approximate surface area is 433 Å². The molecule has 0 fully saturated rings. The second kappa shape index (κ2) is 34.7. The van der Waals surface area contributed by atoms with E-state index in [1.165, 1.54) is 32.1 Å². The number of hydrogen-bond acceptors (Lipinski definition) is 17. The highest BCUT2D eigenvalue weighted by Crippen LogP contribution is 2.28. The molecule has 0 radical (unpaired) electrons. The number of rotatable bonds is 3. The van der Waals surface area contributed by atoms with Gasteiger partial charge in [0, 0.05) is 60.3 Å².